The Kier molecular flexibility index (Phi) is 5.04. The normalized spacial score (nSPS) is 21.2. The monoisotopic (exact) mass is 287 g/mol. The highest BCUT2D eigenvalue weighted by Gasteiger charge is 2.22. The first-order chi connectivity index (χ1) is 10.1. The molecular formula is C16H21N3O2. The van der Waals surface area contributed by atoms with E-state index < -0.39 is 0 Å². The highest BCUT2D eigenvalue weighted by Crippen LogP contribution is 2.32. The zero-order valence-corrected chi connectivity index (χ0v) is 12.5. The van der Waals surface area contributed by atoms with Crippen molar-refractivity contribution in [2.24, 2.45) is 5.92 Å². The van der Waals surface area contributed by atoms with Gasteiger partial charge in [0.2, 0.25) is 5.91 Å². The third kappa shape index (κ3) is 4.12. The molecule has 0 heterocycles. The van der Waals surface area contributed by atoms with Gasteiger partial charge in [-0.3, -0.25) is 4.79 Å². The molecule has 0 aliphatic heterocycles. The highest BCUT2D eigenvalue weighted by atomic mass is 16.5. The topological polar surface area (TPSA) is 74.2 Å². The van der Waals surface area contributed by atoms with Crippen molar-refractivity contribution in [3.8, 4) is 11.8 Å². The lowest BCUT2D eigenvalue weighted by atomic mass is 9.86. The Morgan fingerprint density at radius 1 is 1.43 bits per heavy atom. The summed E-state index contributed by atoms with van der Waals surface area (Å²) < 4.78 is 5.38. The fraction of sp³-hybridized carbons (Fsp3) is 0.500. The second kappa shape index (κ2) is 6.98. The van der Waals surface area contributed by atoms with Crippen molar-refractivity contribution in [3.05, 3.63) is 18.2 Å². The Bertz CT molecular complexity index is 551. The Morgan fingerprint density at radius 3 is 2.90 bits per heavy atom. The number of carbonyl (C=O) groups excluding carboxylic acids is 1. The number of carbonyl (C=O) groups is 1. The van der Waals surface area contributed by atoms with E-state index in [-0.39, 0.29) is 11.8 Å². The molecule has 0 spiro atoms. The molecule has 2 atom stereocenters. The molecule has 1 aliphatic carbocycles. The molecule has 0 bridgehead atoms. The van der Waals surface area contributed by atoms with E-state index >= 15 is 0 Å². The van der Waals surface area contributed by atoms with Crippen LogP contribution in [0.4, 0.5) is 11.4 Å². The van der Waals surface area contributed by atoms with E-state index in [9.17, 15) is 4.79 Å². The first-order valence-electron chi connectivity index (χ1n) is 7.24. The number of ether oxygens (including phenoxy) is 1. The molecule has 0 aromatic heterocycles. The average molecular weight is 287 g/mol. The molecule has 2 N–H and O–H groups in total. The van der Waals surface area contributed by atoms with Crippen molar-refractivity contribution >= 4 is 17.3 Å². The third-order valence-corrected chi connectivity index (χ3v) is 3.74. The van der Waals surface area contributed by atoms with Gasteiger partial charge in [0.25, 0.3) is 0 Å². The minimum atomic E-state index is -0.109. The minimum absolute atomic E-state index is 0.109. The third-order valence-electron chi connectivity index (χ3n) is 3.74. The Balaban J connectivity index is 2.09. The van der Waals surface area contributed by atoms with Gasteiger partial charge >= 0.3 is 0 Å². The van der Waals surface area contributed by atoms with Gasteiger partial charge in [0.1, 0.15) is 5.75 Å². The molecule has 1 aromatic rings. The van der Waals surface area contributed by atoms with Crippen LogP contribution < -0.4 is 15.4 Å². The first-order valence-corrected chi connectivity index (χ1v) is 7.24. The number of nitrogens with one attached hydrogen (secondary N) is 2. The van der Waals surface area contributed by atoms with Gasteiger partial charge in [-0.1, -0.05) is 6.42 Å². The van der Waals surface area contributed by atoms with Gasteiger partial charge in [-0.25, -0.2) is 0 Å². The fourth-order valence-electron chi connectivity index (χ4n) is 2.75. The zero-order chi connectivity index (χ0) is 15.2. The Labute approximate surface area is 125 Å². The van der Waals surface area contributed by atoms with Gasteiger partial charge in [-0.2, -0.15) is 5.26 Å². The van der Waals surface area contributed by atoms with Crippen LogP contribution in [0.25, 0.3) is 0 Å². The molecule has 1 saturated carbocycles. The molecule has 0 unspecified atom stereocenters. The maximum absolute atomic E-state index is 11.1. The van der Waals surface area contributed by atoms with Crippen LogP contribution in [0.1, 0.15) is 32.6 Å². The molecule has 1 aromatic carbocycles. The number of amides is 1. The Hall–Kier alpha value is -2.22. The minimum Gasteiger partial charge on any atom is -0.495 e. The summed E-state index contributed by atoms with van der Waals surface area (Å²) in [6.45, 7) is 1.47. The van der Waals surface area contributed by atoms with Crippen molar-refractivity contribution in [2.45, 2.75) is 38.6 Å². The smallest absolute Gasteiger partial charge is 0.221 e. The number of hydrogen-bond donors (Lipinski definition) is 2. The summed E-state index contributed by atoms with van der Waals surface area (Å²) in [5.74, 6) is 0.725. The second-order valence-corrected chi connectivity index (χ2v) is 5.43. The van der Waals surface area contributed by atoms with Crippen molar-refractivity contribution in [1.82, 2.24) is 0 Å². The molecular weight excluding hydrogens is 266 g/mol. The van der Waals surface area contributed by atoms with Gasteiger partial charge in [0.15, 0.2) is 0 Å². The highest BCUT2D eigenvalue weighted by molar-refractivity contribution is 5.89. The zero-order valence-electron chi connectivity index (χ0n) is 12.5. The van der Waals surface area contributed by atoms with E-state index in [1.54, 1.807) is 13.2 Å². The summed E-state index contributed by atoms with van der Waals surface area (Å²) in [6.07, 6.45) is 4.00. The molecule has 5 nitrogen and oxygen atoms in total. The maximum Gasteiger partial charge on any atom is 0.221 e. The van der Waals surface area contributed by atoms with E-state index in [4.69, 9.17) is 10.00 Å². The number of rotatable bonds is 4. The standard InChI is InChI=1S/C16H21N3O2/c1-11(20)18-14-6-7-15(16(9-14)21-2)19-13-5-3-4-12(8-13)10-17/h6-7,9,12-13,19H,3-5,8H2,1-2H3,(H,18,20)/t12-,13-/m1/s1. The van der Waals surface area contributed by atoms with Gasteiger partial charge in [-0.15, -0.1) is 0 Å². The fourth-order valence-corrected chi connectivity index (χ4v) is 2.75. The van der Waals surface area contributed by atoms with E-state index in [0.29, 0.717) is 17.5 Å². The maximum atomic E-state index is 11.1. The summed E-state index contributed by atoms with van der Waals surface area (Å²) in [4.78, 5) is 11.1. The first kappa shape index (κ1) is 15.2. The van der Waals surface area contributed by atoms with Gasteiger partial charge in [0, 0.05) is 30.6 Å². The van der Waals surface area contributed by atoms with Crippen LogP contribution in [0.15, 0.2) is 18.2 Å². The molecule has 5 heteroatoms. The summed E-state index contributed by atoms with van der Waals surface area (Å²) in [5, 5.41) is 15.2. The lowest BCUT2D eigenvalue weighted by Crippen LogP contribution is -2.26. The van der Waals surface area contributed by atoms with E-state index in [0.717, 1.165) is 31.4 Å². The van der Waals surface area contributed by atoms with Gasteiger partial charge in [-0.05, 0) is 31.4 Å². The van der Waals surface area contributed by atoms with Crippen LogP contribution in [0.2, 0.25) is 0 Å². The van der Waals surface area contributed by atoms with E-state index in [1.165, 1.54) is 6.92 Å². The second-order valence-electron chi connectivity index (χ2n) is 5.43. The van der Waals surface area contributed by atoms with Crippen molar-refractivity contribution in [1.29, 1.82) is 5.26 Å². The molecule has 0 radical (unpaired) electrons. The van der Waals surface area contributed by atoms with Gasteiger partial charge in [0.05, 0.1) is 18.9 Å². The molecule has 1 fully saturated rings. The molecule has 0 saturated heterocycles. The van der Waals surface area contributed by atoms with Crippen LogP contribution >= 0.6 is 0 Å². The SMILES string of the molecule is COc1cc(NC(C)=O)ccc1N[C@@H]1CCC[C@@H](C#N)C1. The lowest BCUT2D eigenvalue weighted by Gasteiger charge is -2.27. The van der Waals surface area contributed by atoms with Gasteiger partial charge < -0.3 is 15.4 Å². The Morgan fingerprint density at radius 2 is 2.24 bits per heavy atom. The van der Waals surface area contributed by atoms with Crippen molar-refractivity contribution < 1.29 is 9.53 Å². The molecule has 112 valence electrons. The van der Waals surface area contributed by atoms with Crippen LogP contribution in [0.3, 0.4) is 0 Å². The number of hydrogen-bond acceptors (Lipinski definition) is 4. The molecule has 21 heavy (non-hydrogen) atoms. The van der Waals surface area contributed by atoms with Crippen LogP contribution in [0.5, 0.6) is 5.75 Å². The summed E-state index contributed by atoms with van der Waals surface area (Å²) >= 11 is 0. The summed E-state index contributed by atoms with van der Waals surface area (Å²) in [5.41, 5.74) is 1.61. The number of nitriles is 1. The number of benzene rings is 1. The lowest BCUT2D eigenvalue weighted by molar-refractivity contribution is -0.114. The molecule has 2 rings (SSSR count). The number of anilines is 2. The summed E-state index contributed by atoms with van der Waals surface area (Å²) in [6, 6.07) is 8.20. The van der Waals surface area contributed by atoms with Crippen LogP contribution in [-0.2, 0) is 4.79 Å². The molecule has 1 amide bonds. The van der Waals surface area contributed by atoms with E-state index in [1.807, 2.05) is 12.1 Å². The predicted octanol–water partition coefficient (Wildman–Crippen LogP) is 3.15. The summed E-state index contributed by atoms with van der Waals surface area (Å²) in [7, 11) is 1.61. The molecule has 1 aliphatic rings. The van der Waals surface area contributed by atoms with E-state index in [2.05, 4.69) is 16.7 Å². The largest absolute Gasteiger partial charge is 0.495 e. The van der Waals surface area contributed by atoms with Crippen LogP contribution in [-0.4, -0.2) is 19.1 Å². The van der Waals surface area contributed by atoms with Crippen molar-refractivity contribution in [2.75, 3.05) is 17.7 Å². The quantitative estimate of drug-likeness (QED) is 0.892. The van der Waals surface area contributed by atoms with Crippen molar-refractivity contribution in [3.63, 3.8) is 0 Å². The number of nitrogens with zero attached hydrogens (tertiary/aromatic N) is 1. The van der Waals surface area contributed by atoms with Crippen LogP contribution in [0, 0.1) is 17.2 Å². The predicted molar refractivity (Wildman–Crippen MR) is 82.3 cm³/mol. The number of methoxy groups -OCH3 is 1. The average Bonchev–Trinajstić information content (AvgIpc) is 2.48.